The van der Waals surface area contributed by atoms with Crippen LogP contribution in [-0.2, 0) is 6.54 Å². The molecule has 4 rings (SSSR count). The van der Waals surface area contributed by atoms with E-state index >= 15 is 0 Å². The third kappa shape index (κ3) is 4.41. The van der Waals surface area contributed by atoms with Gasteiger partial charge < -0.3 is 14.8 Å². The fraction of sp³-hybridized carbons (Fsp3) is 0.120. The van der Waals surface area contributed by atoms with Crippen molar-refractivity contribution in [2.75, 3.05) is 6.61 Å². The number of aromatic nitrogens is 1. The Balaban J connectivity index is 1.53. The van der Waals surface area contributed by atoms with Crippen LogP contribution >= 0.6 is 0 Å². The zero-order valence-electron chi connectivity index (χ0n) is 16.7. The first-order valence-corrected chi connectivity index (χ1v) is 9.85. The van der Waals surface area contributed by atoms with Gasteiger partial charge in [-0.05, 0) is 47.5 Å². The van der Waals surface area contributed by atoms with E-state index < -0.39 is 0 Å². The highest BCUT2D eigenvalue weighted by Gasteiger charge is 2.16. The maximum Gasteiger partial charge on any atom is 0.255 e. The number of hydrogen-bond donors (Lipinski definition) is 1. The summed E-state index contributed by atoms with van der Waals surface area (Å²) in [4.78, 5) is 17.2. The first-order chi connectivity index (χ1) is 14.7. The molecule has 0 bridgehead atoms. The van der Waals surface area contributed by atoms with Gasteiger partial charge in [0.1, 0.15) is 11.5 Å². The summed E-state index contributed by atoms with van der Waals surface area (Å²) in [7, 11) is 0. The van der Waals surface area contributed by atoms with E-state index in [1.54, 1.807) is 12.3 Å². The summed E-state index contributed by atoms with van der Waals surface area (Å²) < 4.78 is 11.5. The van der Waals surface area contributed by atoms with Crippen molar-refractivity contribution in [3.63, 3.8) is 0 Å². The highest BCUT2D eigenvalue weighted by molar-refractivity contribution is 6.09. The molecule has 1 heterocycles. The summed E-state index contributed by atoms with van der Waals surface area (Å²) in [5.41, 5.74) is 1.48. The molecule has 5 nitrogen and oxygen atoms in total. The summed E-state index contributed by atoms with van der Waals surface area (Å²) in [5, 5.41) is 4.87. The quantitative estimate of drug-likeness (QED) is 0.455. The van der Waals surface area contributed by atoms with Crippen LogP contribution in [0.25, 0.3) is 10.8 Å². The van der Waals surface area contributed by atoms with E-state index in [1.807, 2.05) is 79.7 Å². The zero-order valence-corrected chi connectivity index (χ0v) is 16.7. The van der Waals surface area contributed by atoms with Crippen LogP contribution in [0, 0.1) is 0 Å². The topological polar surface area (TPSA) is 60.5 Å². The number of rotatable bonds is 7. The lowest BCUT2D eigenvalue weighted by Gasteiger charge is -2.14. The fourth-order valence-corrected chi connectivity index (χ4v) is 3.28. The Hall–Kier alpha value is -3.86. The van der Waals surface area contributed by atoms with E-state index in [-0.39, 0.29) is 5.91 Å². The van der Waals surface area contributed by atoms with E-state index in [9.17, 15) is 4.79 Å². The van der Waals surface area contributed by atoms with E-state index in [2.05, 4.69) is 10.3 Å². The third-order valence-corrected chi connectivity index (χ3v) is 4.63. The molecule has 3 aromatic carbocycles. The average molecular weight is 398 g/mol. The Bertz CT molecular complexity index is 1160. The van der Waals surface area contributed by atoms with E-state index in [4.69, 9.17) is 9.47 Å². The highest BCUT2D eigenvalue weighted by atomic mass is 16.5. The molecule has 0 spiro atoms. The molecule has 0 atom stereocenters. The van der Waals surface area contributed by atoms with Crippen molar-refractivity contribution < 1.29 is 14.3 Å². The smallest absolute Gasteiger partial charge is 0.255 e. The maximum atomic E-state index is 13.1. The van der Waals surface area contributed by atoms with Crippen LogP contribution in [0.2, 0.25) is 0 Å². The molecule has 1 amide bonds. The summed E-state index contributed by atoms with van der Waals surface area (Å²) in [6.45, 7) is 2.77. The number of nitrogens with zero attached hydrogens (tertiary/aromatic N) is 1. The van der Waals surface area contributed by atoms with Gasteiger partial charge in [-0.15, -0.1) is 0 Å². The molecular weight excluding hydrogens is 376 g/mol. The number of ether oxygens (including phenoxy) is 2. The lowest BCUT2D eigenvalue weighted by atomic mass is 10.0. The number of pyridine rings is 1. The molecule has 1 aromatic heterocycles. The Morgan fingerprint density at radius 3 is 2.67 bits per heavy atom. The second-order valence-electron chi connectivity index (χ2n) is 6.69. The van der Waals surface area contributed by atoms with Gasteiger partial charge in [-0.2, -0.15) is 0 Å². The standard InChI is InChI=1S/C25H22N2O3/c1-2-29-22-14-13-19-9-3-4-11-21(19)24(22)25(28)27-17-18-8-7-10-20(16-18)30-23-12-5-6-15-26-23/h3-16H,2,17H2,1H3,(H,27,28). The molecule has 1 N–H and O–H groups in total. The SMILES string of the molecule is CCOc1ccc2ccccc2c1C(=O)NCc1cccc(Oc2ccccn2)c1. The van der Waals surface area contributed by atoms with E-state index in [1.165, 1.54) is 0 Å². The molecule has 0 aliphatic heterocycles. The number of carbonyl (C=O) groups excluding carboxylic acids is 1. The van der Waals surface area contributed by atoms with Crippen LogP contribution in [-0.4, -0.2) is 17.5 Å². The van der Waals surface area contributed by atoms with E-state index in [0.717, 1.165) is 16.3 Å². The Kier molecular flexibility index (Phi) is 5.90. The van der Waals surface area contributed by atoms with Crippen LogP contribution in [0.5, 0.6) is 17.4 Å². The number of benzene rings is 3. The molecule has 0 saturated carbocycles. The first-order valence-electron chi connectivity index (χ1n) is 9.85. The summed E-state index contributed by atoms with van der Waals surface area (Å²) in [5.74, 6) is 1.60. The van der Waals surface area contributed by atoms with Gasteiger partial charge in [-0.3, -0.25) is 4.79 Å². The molecule has 5 heteroatoms. The molecule has 0 aliphatic rings. The number of amides is 1. The van der Waals surface area contributed by atoms with Crippen molar-refractivity contribution in [2.24, 2.45) is 0 Å². The van der Waals surface area contributed by atoms with E-state index in [0.29, 0.717) is 36.1 Å². The predicted molar refractivity (Wildman–Crippen MR) is 117 cm³/mol. The number of nitrogens with one attached hydrogen (secondary N) is 1. The molecular formula is C25H22N2O3. The van der Waals surface area contributed by atoms with Crippen molar-refractivity contribution in [2.45, 2.75) is 13.5 Å². The van der Waals surface area contributed by atoms with Crippen molar-refractivity contribution in [1.29, 1.82) is 0 Å². The Morgan fingerprint density at radius 2 is 1.83 bits per heavy atom. The maximum absolute atomic E-state index is 13.1. The van der Waals surface area contributed by atoms with Gasteiger partial charge in [0.05, 0.1) is 12.2 Å². The first kappa shape index (κ1) is 19.5. The normalized spacial score (nSPS) is 10.6. The van der Waals surface area contributed by atoms with Crippen molar-refractivity contribution in [3.05, 3.63) is 96.2 Å². The van der Waals surface area contributed by atoms with Crippen LogP contribution in [0.4, 0.5) is 0 Å². The molecule has 150 valence electrons. The molecule has 0 fully saturated rings. The van der Waals surface area contributed by atoms with Gasteiger partial charge in [0.25, 0.3) is 5.91 Å². The van der Waals surface area contributed by atoms with Crippen LogP contribution in [0.3, 0.4) is 0 Å². The van der Waals surface area contributed by atoms with Crippen LogP contribution in [0.15, 0.2) is 85.1 Å². The van der Waals surface area contributed by atoms with Crippen molar-refractivity contribution in [3.8, 4) is 17.4 Å². The molecule has 4 aromatic rings. The minimum absolute atomic E-state index is 0.175. The largest absolute Gasteiger partial charge is 0.493 e. The lowest BCUT2D eigenvalue weighted by Crippen LogP contribution is -2.23. The molecule has 0 aliphatic carbocycles. The third-order valence-electron chi connectivity index (χ3n) is 4.63. The second-order valence-corrected chi connectivity index (χ2v) is 6.69. The Morgan fingerprint density at radius 1 is 0.967 bits per heavy atom. The van der Waals surface area contributed by atoms with Gasteiger partial charge in [-0.25, -0.2) is 4.98 Å². The molecule has 0 unspecified atom stereocenters. The summed E-state index contributed by atoms with van der Waals surface area (Å²) in [6.07, 6.45) is 1.68. The van der Waals surface area contributed by atoms with Crippen molar-refractivity contribution >= 4 is 16.7 Å². The van der Waals surface area contributed by atoms with Crippen LogP contribution in [0.1, 0.15) is 22.8 Å². The van der Waals surface area contributed by atoms with Crippen LogP contribution < -0.4 is 14.8 Å². The van der Waals surface area contributed by atoms with Gasteiger partial charge in [-0.1, -0.05) is 48.5 Å². The molecule has 0 radical (unpaired) electrons. The van der Waals surface area contributed by atoms with Gasteiger partial charge in [0.15, 0.2) is 0 Å². The average Bonchev–Trinajstić information content (AvgIpc) is 2.78. The second kappa shape index (κ2) is 9.09. The van der Waals surface area contributed by atoms with Gasteiger partial charge in [0.2, 0.25) is 5.88 Å². The van der Waals surface area contributed by atoms with Crippen molar-refractivity contribution in [1.82, 2.24) is 10.3 Å². The molecule has 0 saturated heterocycles. The van der Waals surface area contributed by atoms with Gasteiger partial charge in [0, 0.05) is 18.8 Å². The zero-order chi connectivity index (χ0) is 20.8. The minimum atomic E-state index is -0.175. The Labute approximate surface area is 175 Å². The number of fused-ring (bicyclic) bond motifs is 1. The number of hydrogen-bond acceptors (Lipinski definition) is 4. The summed E-state index contributed by atoms with van der Waals surface area (Å²) >= 11 is 0. The molecule has 30 heavy (non-hydrogen) atoms. The number of carbonyl (C=O) groups is 1. The summed E-state index contributed by atoms with van der Waals surface area (Å²) in [6, 6.07) is 24.7. The fourth-order valence-electron chi connectivity index (χ4n) is 3.28. The monoisotopic (exact) mass is 398 g/mol. The lowest BCUT2D eigenvalue weighted by molar-refractivity contribution is 0.0949. The van der Waals surface area contributed by atoms with Gasteiger partial charge >= 0.3 is 0 Å². The minimum Gasteiger partial charge on any atom is -0.493 e. The highest BCUT2D eigenvalue weighted by Crippen LogP contribution is 2.28. The predicted octanol–water partition coefficient (Wildman–Crippen LogP) is 5.36.